The van der Waals surface area contributed by atoms with Crippen LogP contribution in [0.5, 0.6) is 0 Å². The topological polar surface area (TPSA) is 43.4 Å². The molecule has 0 radical (unpaired) electrons. The van der Waals surface area contributed by atoms with Crippen molar-refractivity contribution in [3.8, 4) is 0 Å². The van der Waals surface area contributed by atoms with Gasteiger partial charge in [-0.25, -0.2) is 0 Å². The van der Waals surface area contributed by atoms with Gasteiger partial charge in [0.2, 0.25) is 0 Å². The zero-order valence-corrected chi connectivity index (χ0v) is 11.7. The van der Waals surface area contributed by atoms with Gasteiger partial charge in [0.15, 0.2) is 0 Å². The van der Waals surface area contributed by atoms with Crippen molar-refractivity contribution in [1.82, 2.24) is 0 Å². The van der Waals surface area contributed by atoms with Crippen LogP contribution in [-0.2, 0) is 14.3 Å². The molecule has 0 aromatic heterocycles. The molecule has 2 aromatic carbocycles. The summed E-state index contributed by atoms with van der Waals surface area (Å²) in [6, 6.07) is 15.9. The zero-order chi connectivity index (χ0) is 13.9. The molecule has 0 aliphatic heterocycles. The first-order chi connectivity index (χ1) is 8.99. The van der Waals surface area contributed by atoms with Crippen LogP contribution in [0, 0.1) is 6.92 Å². The van der Waals surface area contributed by atoms with Gasteiger partial charge in [0.05, 0.1) is 11.0 Å². The average molecular weight is 276 g/mol. The molecule has 0 fully saturated rings. The van der Waals surface area contributed by atoms with Crippen molar-refractivity contribution in [1.29, 1.82) is 0 Å². The molecule has 0 bridgehead atoms. The molecule has 0 N–H and O–H groups in total. The van der Waals surface area contributed by atoms with Gasteiger partial charge in [-0.15, -0.1) is 0 Å². The third kappa shape index (κ3) is 3.43. The minimum atomic E-state index is -3.72. The van der Waals surface area contributed by atoms with Crippen LogP contribution < -0.4 is 0 Å². The van der Waals surface area contributed by atoms with E-state index in [2.05, 4.69) is 0 Å². The lowest BCUT2D eigenvalue weighted by molar-refractivity contribution is 0.234. The van der Waals surface area contributed by atoms with Gasteiger partial charge in [-0.05, 0) is 31.5 Å². The van der Waals surface area contributed by atoms with E-state index in [0.717, 1.165) is 11.1 Å². The Hall–Kier alpha value is -1.65. The normalized spacial score (nSPS) is 13.2. The smallest absolute Gasteiger partial charge is 0.258 e. The van der Waals surface area contributed by atoms with Gasteiger partial charge < -0.3 is 0 Å². The molecule has 2 aromatic rings. The van der Waals surface area contributed by atoms with E-state index in [1.807, 2.05) is 37.3 Å². The molecule has 0 saturated heterocycles. The van der Waals surface area contributed by atoms with Crippen molar-refractivity contribution < 1.29 is 12.6 Å². The van der Waals surface area contributed by atoms with Crippen molar-refractivity contribution in [2.45, 2.75) is 24.8 Å². The van der Waals surface area contributed by atoms with Crippen molar-refractivity contribution in [3.05, 3.63) is 65.7 Å². The highest BCUT2D eigenvalue weighted by Gasteiger charge is 2.19. The van der Waals surface area contributed by atoms with E-state index in [1.165, 1.54) is 0 Å². The van der Waals surface area contributed by atoms with Crippen LogP contribution in [0.4, 0.5) is 0 Å². The number of rotatable bonds is 4. The Morgan fingerprint density at radius 3 is 2.11 bits per heavy atom. The summed E-state index contributed by atoms with van der Waals surface area (Å²) in [5, 5.41) is 0. The second-order valence-electron chi connectivity index (χ2n) is 4.42. The predicted molar refractivity (Wildman–Crippen MR) is 74.3 cm³/mol. The van der Waals surface area contributed by atoms with Crippen LogP contribution in [0.25, 0.3) is 0 Å². The summed E-state index contributed by atoms with van der Waals surface area (Å²) in [6.45, 7) is 3.63. The maximum absolute atomic E-state index is 12.1. The van der Waals surface area contributed by atoms with Crippen molar-refractivity contribution in [2.75, 3.05) is 0 Å². The van der Waals surface area contributed by atoms with Crippen LogP contribution in [0.3, 0.4) is 0 Å². The van der Waals surface area contributed by atoms with Gasteiger partial charge in [-0.2, -0.15) is 8.42 Å². The van der Waals surface area contributed by atoms with Crippen LogP contribution in [-0.4, -0.2) is 8.42 Å². The van der Waals surface area contributed by atoms with E-state index in [1.54, 1.807) is 31.2 Å². The standard InChI is InChI=1S/C15H16O3S/c1-12-8-10-15(11-9-12)19(16,17)18-13(2)14-6-4-3-5-7-14/h3-11,13H,1-2H3/t13-/m0/s1. The zero-order valence-electron chi connectivity index (χ0n) is 10.9. The molecule has 0 heterocycles. The Balaban J connectivity index is 2.20. The minimum Gasteiger partial charge on any atom is -0.258 e. The maximum atomic E-state index is 12.1. The number of aryl methyl sites for hydroxylation is 1. The second-order valence-corrected chi connectivity index (χ2v) is 5.99. The molecule has 100 valence electrons. The van der Waals surface area contributed by atoms with Gasteiger partial charge in [-0.1, -0.05) is 48.0 Å². The molecule has 0 amide bonds. The molecule has 0 aliphatic carbocycles. The van der Waals surface area contributed by atoms with Crippen molar-refractivity contribution in [3.63, 3.8) is 0 Å². The fourth-order valence-electron chi connectivity index (χ4n) is 1.73. The van der Waals surface area contributed by atoms with Gasteiger partial charge in [0.1, 0.15) is 0 Å². The Morgan fingerprint density at radius 2 is 1.53 bits per heavy atom. The van der Waals surface area contributed by atoms with E-state index < -0.39 is 16.2 Å². The first-order valence-corrected chi connectivity index (χ1v) is 7.45. The van der Waals surface area contributed by atoms with E-state index in [-0.39, 0.29) is 4.90 Å². The molecule has 3 nitrogen and oxygen atoms in total. The number of benzene rings is 2. The van der Waals surface area contributed by atoms with E-state index in [4.69, 9.17) is 4.18 Å². The summed E-state index contributed by atoms with van der Waals surface area (Å²) < 4.78 is 29.4. The summed E-state index contributed by atoms with van der Waals surface area (Å²) >= 11 is 0. The first-order valence-electron chi connectivity index (χ1n) is 6.04. The Morgan fingerprint density at radius 1 is 0.947 bits per heavy atom. The lowest BCUT2D eigenvalue weighted by Gasteiger charge is -2.13. The van der Waals surface area contributed by atoms with Gasteiger partial charge in [0, 0.05) is 0 Å². The van der Waals surface area contributed by atoms with E-state index >= 15 is 0 Å². The number of hydrogen-bond donors (Lipinski definition) is 0. The van der Waals surface area contributed by atoms with Crippen LogP contribution >= 0.6 is 0 Å². The van der Waals surface area contributed by atoms with Gasteiger partial charge in [0.25, 0.3) is 10.1 Å². The van der Waals surface area contributed by atoms with E-state index in [9.17, 15) is 8.42 Å². The molecule has 4 heteroatoms. The predicted octanol–water partition coefficient (Wildman–Crippen LogP) is 3.46. The van der Waals surface area contributed by atoms with Crippen LogP contribution in [0.15, 0.2) is 59.5 Å². The Kier molecular flexibility index (Phi) is 4.02. The molecular formula is C15H16O3S. The first kappa shape index (κ1) is 13.8. The molecule has 0 saturated carbocycles. The average Bonchev–Trinajstić information content (AvgIpc) is 2.40. The number of hydrogen-bond acceptors (Lipinski definition) is 3. The molecule has 0 unspecified atom stereocenters. The highest BCUT2D eigenvalue weighted by atomic mass is 32.2. The van der Waals surface area contributed by atoms with Gasteiger partial charge in [-0.3, -0.25) is 4.18 Å². The molecule has 0 aliphatic rings. The minimum absolute atomic E-state index is 0.181. The van der Waals surface area contributed by atoms with Gasteiger partial charge >= 0.3 is 0 Å². The molecular weight excluding hydrogens is 260 g/mol. The molecule has 0 spiro atoms. The lowest BCUT2D eigenvalue weighted by Crippen LogP contribution is -2.10. The summed E-state index contributed by atoms with van der Waals surface area (Å²) in [5.74, 6) is 0. The van der Waals surface area contributed by atoms with Crippen molar-refractivity contribution in [2.24, 2.45) is 0 Å². The third-order valence-electron chi connectivity index (χ3n) is 2.85. The molecule has 19 heavy (non-hydrogen) atoms. The fraction of sp³-hybridized carbons (Fsp3) is 0.200. The maximum Gasteiger partial charge on any atom is 0.297 e. The highest BCUT2D eigenvalue weighted by molar-refractivity contribution is 7.86. The Bertz CT molecular complexity index is 631. The summed E-state index contributed by atoms with van der Waals surface area (Å²) in [7, 11) is -3.72. The largest absolute Gasteiger partial charge is 0.297 e. The van der Waals surface area contributed by atoms with Crippen LogP contribution in [0.1, 0.15) is 24.2 Å². The summed E-state index contributed by atoms with van der Waals surface area (Å²) in [5.41, 5.74) is 1.84. The second kappa shape index (κ2) is 5.55. The SMILES string of the molecule is Cc1ccc(S(=O)(=O)O[C@@H](C)c2ccccc2)cc1. The highest BCUT2D eigenvalue weighted by Crippen LogP contribution is 2.23. The van der Waals surface area contributed by atoms with E-state index in [0.29, 0.717) is 0 Å². The third-order valence-corrected chi connectivity index (χ3v) is 4.24. The summed E-state index contributed by atoms with van der Waals surface area (Å²) in [6.07, 6.45) is -0.507. The lowest BCUT2D eigenvalue weighted by atomic mass is 10.1. The van der Waals surface area contributed by atoms with Crippen molar-refractivity contribution >= 4 is 10.1 Å². The quantitative estimate of drug-likeness (QED) is 0.803. The molecule has 1 atom stereocenters. The Labute approximate surface area is 114 Å². The monoisotopic (exact) mass is 276 g/mol. The van der Waals surface area contributed by atoms with Crippen LogP contribution in [0.2, 0.25) is 0 Å². The fourth-order valence-corrected chi connectivity index (χ4v) is 2.80. The molecule has 2 rings (SSSR count). The summed E-state index contributed by atoms with van der Waals surface area (Å²) in [4.78, 5) is 0.181.